The second-order valence-corrected chi connectivity index (χ2v) is 4.60. The Morgan fingerprint density at radius 2 is 2.24 bits per heavy atom. The molecule has 0 aromatic heterocycles. The standard InChI is InChI=1S/C13H15NO3/c15-13(16)9-2-3-10-11(14-5-1-6-14)4-7-17-12(10)8-9/h2-3,8,11H,1,4-7H2,(H,15,16). The van der Waals surface area contributed by atoms with Crippen LogP contribution in [0.2, 0.25) is 0 Å². The number of nitrogens with zero attached hydrogens (tertiary/aromatic N) is 1. The fourth-order valence-electron chi connectivity index (χ4n) is 2.54. The summed E-state index contributed by atoms with van der Waals surface area (Å²) < 4.78 is 5.57. The zero-order valence-electron chi connectivity index (χ0n) is 9.56. The molecule has 1 fully saturated rings. The molecule has 0 saturated carbocycles. The molecule has 2 aliphatic heterocycles. The number of benzene rings is 1. The summed E-state index contributed by atoms with van der Waals surface area (Å²) in [6.07, 6.45) is 2.26. The summed E-state index contributed by atoms with van der Waals surface area (Å²) in [5.74, 6) is -0.157. The number of aromatic carboxylic acids is 1. The van der Waals surface area contributed by atoms with E-state index in [0.29, 0.717) is 18.2 Å². The number of hydrogen-bond acceptors (Lipinski definition) is 3. The second kappa shape index (κ2) is 4.04. The van der Waals surface area contributed by atoms with Crippen LogP contribution in [0.5, 0.6) is 5.75 Å². The van der Waals surface area contributed by atoms with Crippen LogP contribution < -0.4 is 4.74 Å². The number of hydrogen-bond donors (Lipinski definition) is 1. The molecule has 0 aliphatic carbocycles. The Hall–Kier alpha value is -1.55. The summed E-state index contributed by atoms with van der Waals surface area (Å²) in [4.78, 5) is 13.3. The lowest BCUT2D eigenvalue weighted by Crippen LogP contribution is -2.42. The van der Waals surface area contributed by atoms with Crippen molar-refractivity contribution in [3.05, 3.63) is 29.3 Å². The van der Waals surface area contributed by atoms with Gasteiger partial charge in [0.2, 0.25) is 0 Å². The molecule has 0 bridgehead atoms. The summed E-state index contributed by atoms with van der Waals surface area (Å²) in [5, 5.41) is 8.95. The van der Waals surface area contributed by atoms with E-state index in [1.807, 2.05) is 6.07 Å². The van der Waals surface area contributed by atoms with Gasteiger partial charge in [0.05, 0.1) is 12.2 Å². The predicted octanol–water partition coefficient (Wildman–Crippen LogP) is 1.91. The molecule has 0 spiro atoms. The maximum absolute atomic E-state index is 10.9. The lowest BCUT2D eigenvalue weighted by atomic mass is 9.95. The molecule has 1 unspecified atom stereocenters. The highest BCUT2D eigenvalue weighted by Gasteiger charge is 2.30. The van der Waals surface area contributed by atoms with Gasteiger partial charge in [-0.2, -0.15) is 0 Å². The van der Waals surface area contributed by atoms with Gasteiger partial charge in [0.15, 0.2) is 0 Å². The average molecular weight is 233 g/mol. The van der Waals surface area contributed by atoms with Gasteiger partial charge in [-0.25, -0.2) is 4.79 Å². The van der Waals surface area contributed by atoms with E-state index in [0.717, 1.165) is 30.8 Å². The van der Waals surface area contributed by atoms with Crippen LogP contribution in [0.4, 0.5) is 0 Å². The topological polar surface area (TPSA) is 49.8 Å². The van der Waals surface area contributed by atoms with Crippen molar-refractivity contribution >= 4 is 5.97 Å². The molecule has 1 saturated heterocycles. The van der Waals surface area contributed by atoms with E-state index in [9.17, 15) is 4.79 Å². The highest BCUT2D eigenvalue weighted by Crippen LogP contribution is 2.38. The Morgan fingerprint density at radius 3 is 2.88 bits per heavy atom. The third-order valence-corrected chi connectivity index (χ3v) is 3.60. The first-order valence-corrected chi connectivity index (χ1v) is 6.00. The van der Waals surface area contributed by atoms with Crippen molar-refractivity contribution in [1.82, 2.24) is 4.90 Å². The fraction of sp³-hybridized carbons (Fsp3) is 0.462. The lowest BCUT2D eigenvalue weighted by Gasteiger charge is -2.41. The highest BCUT2D eigenvalue weighted by atomic mass is 16.5. The van der Waals surface area contributed by atoms with Crippen LogP contribution in [0.1, 0.15) is 34.8 Å². The first kappa shape index (κ1) is 10.6. The van der Waals surface area contributed by atoms with Crippen molar-refractivity contribution in [3.8, 4) is 5.75 Å². The number of carbonyl (C=O) groups is 1. The summed E-state index contributed by atoms with van der Waals surface area (Å²) >= 11 is 0. The maximum Gasteiger partial charge on any atom is 0.335 e. The zero-order valence-corrected chi connectivity index (χ0v) is 9.56. The molecule has 90 valence electrons. The SMILES string of the molecule is O=C(O)c1ccc2c(c1)OCCC2N1CCC1. The molecule has 17 heavy (non-hydrogen) atoms. The van der Waals surface area contributed by atoms with Crippen LogP contribution in [0.25, 0.3) is 0 Å². The molecule has 2 aliphatic rings. The summed E-state index contributed by atoms with van der Waals surface area (Å²) in [7, 11) is 0. The van der Waals surface area contributed by atoms with Gasteiger partial charge in [0.25, 0.3) is 0 Å². The monoisotopic (exact) mass is 233 g/mol. The lowest BCUT2D eigenvalue weighted by molar-refractivity contribution is 0.0693. The first-order chi connectivity index (χ1) is 8.25. The largest absolute Gasteiger partial charge is 0.493 e. The van der Waals surface area contributed by atoms with Crippen LogP contribution >= 0.6 is 0 Å². The predicted molar refractivity (Wildman–Crippen MR) is 62.4 cm³/mol. The zero-order chi connectivity index (χ0) is 11.8. The maximum atomic E-state index is 10.9. The molecule has 1 N–H and O–H groups in total. The van der Waals surface area contributed by atoms with Crippen LogP contribution in [0.15, 0.2) is 18.2 Å². The quantitative estimate of drug-likeness (QED) is 0.847. The molecule has 0 radical (unpaired) electrons. The van der Waals surface area contributed by atoms with Crippen molar-refractivity contribution in [3.63, 3.8) is 0 Å². The average Bonchev–Trinajstić information content (AvgIpc) is 2.26. The Bertz CT molecular complexity index is 454. The van der Waals surface area contributed by atoms with Crippen LogP contribution in [-0.4, -0.2) is 35.7 Å². The molecule has 0 amide bonds. The van der Waals surface area contributed by atoms with Gasteiger partial charge in [0, 0.05) is 18.0 Å². The number of ether oxygens (including phenoxy) is 1. The van der Waals surface area contributed by atoms with E-state index in [2.05, 4.69) is 4.90 Å². The molecular weight excluding hydrogens is 218 g/mol. The third kappa shape index (κ3) is 1.78. The minimum atomic E-state index is -0.900. The van der Waals surface area contributed by atoms with Crippen molar-refractivity contribution in [2.45, 2.75) is 18.9 Å². The van der Waals surface area contributed by atoms with Gasteiger partial charge >= 0.3 is 5.97 Å². The van der Waals surface area contributed by atoms with Crippen LogP contribution in [0, 0.1) is 0 Å². The highest BCUT2D eigenvalue weighted by molar-refractivity contribution is 5.88. The van der Waals surface area contributed by atoms with Gasteiger partial charge in [-0.05, 0) is 31.6 Å². The Morgan fingerprint density at radius 1 is 1.41 bits per heavy atom. The fourth-order valence-corrected chi connectivity index (χ4v) is 2.54. The van der Waals surface area contributed by atoms with Gasteiger partial charge < -0.3 is 9.84 Å². The number of carboxylic acids is 1. The van der Waals surface area contributed by atoms with Crippen molar-refractivity contribution in [1.29, 1.82) is 0 Å². The van der Waals surface area contributed by atoms with Gasteiger partial charge in [-0.15, -0.1) is 0 Å². The summed E-state index contributed by atoms with van der Waals surface area (Å²) in [6, 6.07) is 5.63. The van der Waals surface area contributed by atoms with E-state index in [1.165, 1.54) is 6.42 Å². The number of rotatable bonds is 2. The molecular formula is C13H15NO3. The number of likely N-dealkylation sites (tertiary alicyclic amines) is 1. The Kier molecular flexibility index (Phi) is 2.52. The Labute approximate surface area is 99.8 Å². The van der Waals surface area contributed by atoms with E-state index in [-0.39, 0.29) is 0 Å². The first-order valence-electron chi connectivity index (χ1n) is 6.00. The molecule has 1 aromatic rings. The Balaban J connectivity index is 1.94. The number of fused-ring (bicyclic) bond motifs is 1. The third-order valence-electron chi connectivity index (χ3n) is 3.60. The van der Waals surface area contributed by atoms with Gasteiger partial charge in [-0.1, -0.05) is 6.07 Å². The second-order valence-electron chi connectivity index (χ2n) is 4.60. The van der Waals surface area contributed by atoms with E-state index >= 15 is 0 Å². The van der Waals surface area contributed by atoms with Gasteiger partial charge in [0.1, 0.15) is 5.75 Å². The van der Waals surface area contributed by atoms with Crippen molar-refractivity contribution in [2.75, 3.05) is 19.7 Å². The normalized spacial score (nSPS) is 23.4. The molecule has 4 heteroatoms. The van der Waals surface area contributed by atoms with E-state index in [4.69, 9.17) is 9.84 Å². The minimum Gasteiger partial charge on any atom is -0.493 e. The smallest absolute Gasteiger partial charge is 0.335 e. The van der Waals surface area contributed by atoms with Crippen LogP contribution in [0.3, 0.4) is 0 Å². The van der Waals surface area contributed by atoms with Crippen molar-refractivity contribution in [2.24, 2.45) is 0 Å². The summed E-state index contributed by atoms with van der Waals surface area (Å²) in [6.45, 7) is 2.97. The molecule has 3 rings (SSSR count). The minimum absolute atomic E-state index is 0.299. The molecule has 1 atom stereocenters. The molecule has 1 aromatic carbocycles. The molecule has 2 heterocycles. The van der Waals surface area contributed by atoms with E-state index < -0.39 is 5.97 Å². The van der Waals surface area contributed by atoms with E-state index in [1.54, 1.807) is 12.1 Å². The van der Waals surface area contributed by atoms with Gasteiger partial charge in [-0.3, -0.25) is 4.90 Å². The van der Waals surface area contributed by atoms with Crippen molar-refractivity contribution < 1.29 is 14.6 Å². The van der Waals surface area contributed by atoms with Crippen LogP contribution in [-0.2, 0) is 0 Å². The molecule has 4 nitrogen and oxygen atoms in total. The number of carboxylic acid groups (broad SMARTS) is 1. The summed E-state index contributed by atoms with van der Waals surface area (Å²) in [5.41, 5.74) is 1.44.